The molecule has 4 aromatic rings. The molecule has 0 unspecified atom stereocenters. The molecular weight excluding hydrogens is 670 g/mol. The summed E-state index contributed by atoms with van der Waals surface area (Å²) in [5.41, 5.74) is 10.1. The van der Waals surface area contributed by atoms with E-state index in [-0.39, 0.29) is 44.3 Å². The molecule has 0 radical (unpaired) electrons. The van der Waals surface area contributed by atoms with Crippen molar-refractivity contribution in [3.8, 4) is 11.1 Å². The molecular formula is C38H34N6O4Zn. The third-order valence-corrected chi connectivity index (χ3v) is 8.78. The number of rotatable bonds is 8. The minimum atomic E-state index is -0.305. The van der Waals surface area contributed by atoms with Gasteiger partial charge in [0.2, 0.25) is 0 Å². The Hall–Kier alpha value is -5.15. The molecule has 0 saturated carbocycles. The molecule has 0 aliphatic carbocycles. The maximum atomic E-state index is 12.3. The van der Waals surface area contributed by atoms with Crippen molar-refractivity contribution in [3.05, 3.63) is 94.1 Å². The largest absolute Gasteiger partial charge is 2.00 e. The monoisotopic (exact) mass is 702 g/mol. The van der Waals surface area contributed by atoms with E-state index in [9.17, 15) is 9.59 Å². The molecule has 3 aromatic heterocycles. The maximum Gasteiger partial charge on any atom is 2.00 e. The van der Waals surface area contributed by atoms with E-state index in [4.69, 9.17) is 34.4 Å². The molecule has 0 saturated heterocycles. The Morgan fingerprint density at radius 1 is 0.694 bits per heavy atom. The van der Waals surface area contributed by atoms with Crippen LogP contribution in [0.4, 0.5) is 0 Å². The first kappa shape index (κ1) is 33.7. The van der Waals surface area contributed by atoms with Crippen molar-refractivity contribution in [3.63, 3.8) is 0 Å². The molecule has 242 valence electrons. The molecule has 0 fully saturated rings. The zero-order valence-electron chi connectivity index (χ0n) is 27.8. The number of aryl methyl sites for hydroxylation is 2. The molecule has 8 bridgehead atoms. The predicted molar refractivity (Wildman–Crippen MR) is 187 cm³/mol. The Morgan fingerprint density at radius 3 is 1.69 bits per heavy atom. The van der Waals surface area contributed by atoms with Gasteiger partial charge in [-0.2, -0.15) is 0 Å². The standard InChI is InChI=1S/C38H34N6O4.Zn/c1-44-22-21-39-38(44)37-32-17-13-28(42-32)24(9-19-34(45)47-2)26-11-15-30(40-26)36(23-7-5-4-6-8-23)31-16-12-27(41-31)25(10-20-35(46)48-3)29-14-18-33(37)43-29;/h4-8,11-18H,9-10,19-22H2,1-3H3;/q-2;+2. The second-order valence-electron chi connectivity index (χ2n) is 11.7. The number of ether oxygens (including phenoxy) is 2. The van der Waals surface area contributed by atoms with Crippen LogP contribution in [-0.4, -0.2) is 67.0 Å². The van der Waals surface area contributed by atoms with Gasteiger partial charge in [0.15, 0.2) is 0 Å². The van der Waals surface area contributed by atoms with E-state index < -0.39 is 0 Å². The number of fused-ring (bicyclic) bond motifs is 8. The summed E-state index contributed by atoms with van der Waals surface area (Å²) in [6.45, 7) is 1.46. The number of carbonyl (C=O) groups excluding carboxylic acids is 2. The molecule has 0 N–H and O–H groups in total. The quantitative estimate of drug-likeness (QED) is 0.150. The first-order chi connectivity index (χ1) is 23.4. The fourth-order valence-corrected chi connectivity index (χ4v) is 6.31. The van der Waals surface area contributed by atoms with Gasteiger partial charge in [0.25, 0.3) is 0 Å². The third kappa shape index (κ3) is 6.76. The third-order valence-electron chi connectivity index (χ3n) is 8.78. The first-order valence-electron chi connectivity index (χ1n) is 15.9. The van der Waals surface area contributed by atoms with E-state index in [0.717, 1.165) is 85.0 Å². The Morgan fingerprint density at radius 2 is 1.18 bits per heavy atom. The van der Waals surface area contributed by atoms with Crippen LogP contribution in [0.15, 0.2) is 59.6 Å². The van der Waals surface area contributed by atoms with Gasteiger partial charge in [-0.15, -0.1) is 22.1 Å². The molecule has 49 heavy (non-hydrogen) atoms. The summed E-state index contributed by atoms with van der Waals surface area (Å²) in [5.74, 6) is 0.197. The van der Waals surface area contributed by atoms with Gasteiger partial charge in [0, 0.05) is 32.0 Å². The summed E-state index contributed by atoms with van der Waals surface area (Å²) in [7, 11) is 4.80. The fraction of sp³-hybridized carbons (Fsp3) is 0.237. The van der Waals surface area contributed by atoms with Crippen molar-refractivity contribution in [2.45, 2.75) is 25.7 Å². The van der Waals surface area contributed by atoms with Gasteiger partial charge in [0.05, 0.1) is 43.5 Å². The average molecular weight is 704 g/mol. The minimum absolute atomic E-state index is 0. The van der Waals surface area contributed by atoms with Crippen molar-refractivity contribution in [1.82, 2.24) is 24.8 Å². The molecule has 10 nitrogen and oxygen atoms in total. The van der Waals surface area contributed by atoms with E-state index >= 15 is 0 Å². The number of hydrogen-bond acceptors (Lipinski definition) is 8. The van der Waals surface area contributed by atoms with Gasteiger partial charge >= 0.3 is 31.4 Å². The maximum absolute atomic E-state index is 12.3. The predicted octanol–water partition coefficient (Wildman–Crippen LogP) is 5.48. The van der Waals surface area contributed by atoms with Crippen molar-refractivity contribution >= 4 is 64.1 Å². The second-order valence-corrected chi connectivity index (χ2v) is 11.7. The Labute approximate surface area is 296 Å². The van der Waals surface area contributed by atoms with Gasteiger partial charge in [-0.05, 0) is 59.4 Å². The molecule has 6 heterocycles. The zero-order valence-corrected chi connectivity index (χ0v) is 30.7. The van der Waals surface area contributed by atoms with Gasteiger partial charge < -0.3 is 24.3 Å². The number of amidine groups is 1. The summed E-state index contributed by atoms with van der Waals surface area (Å²) in [6, 6.07) is 17.9. The first-order valence-corrected chi connectivity index (χ1v) is 15.9. The van der Waals surface area contributed by atoms with Crippen LogP contribution < -0.4 is 9.97 Å². The van der Waals surface area contributed by atoms with Crippen LogP contribution in [0.25, 0.3) is 57.5 Å². The van der Waals surface area contributed by atoms with Crippen LogP contribution in [0.2, 0.25) is 0 Å². The average Bonchev–Trinajstić information content (AvgIpc) is 3.95. The van der Waals surface area contributed by atoms with Crippen LogP contribution in [0.1, 0.15) is 52.3 Å². The Kier molecular flexibility index (Phi) is 10.0. The number of likely N-dealkylation sites (N-methyl/N-ethyl adjacent to an activating group) is 1. The minimum Gasteiger partial charge on any atom is -0.657 e. The zero-order chi connectivity index (χ0) is 33.2. The Bertz CT molecular complexity index is 2160. The number of methoxy groups -OCH3 is 2. The fourth-order valence-electron chi connectivity index (χ4n) is 6.31. The molecule has 3 aliphatic heterocycles. The van der Waals surface area contributed by atoms with Crippen molar-refractivity contribution in [2.75, 3.05) is 34.4 Å². The van der Waals surface area contributed by atoms with E-state index in [1.165, 1.54) is 14.2 Å². The van der Waals surface area contributed by atoms with Gasteiger partial charge in [0.1, 0.15) is 5.84 Å². The summed E-state index contributed by atoms with van der Waals surface area (Å²) in [4.78, 5) is 52.1. The topological polar surface area (TPSA) is 122 Å². The number of aliphatic imine (C=N–C) groups is 1. The number of benzene rings is 1. The summed E-state index contributed by atoms with van der Waals surface area (Å²) < 4.78 is 9.98. The van der Waals surface area contributed by atoms with Crippen LogP contribution in [-0.2, 0) is 51.4 Å². The number of aromatic nitrogens is 4. The van der Waals surface area contributed by atoms with Crippen LogP contribution >= 0.6 is 0 Å². The number of hydrogen-bond donors (Lipinski definition) is 0. The van der Waals surface area contributed by atoms with E-state index in [0.29, 0.717) is 19.4 Å². The van der Waals surface area contributed by atoms with E-state index in [1.807, 2.05) is 85.9 Å². The van der Waals surface area contributed by atoms with Crippen molar-refractivity contribution in [2.24, 2.45) is 4.99 Å². The SMILES string of the molecule is COC(=O)CCc1c2nc(c(-c3ccccc3)c3ccc([n-]3)c(CCC(=O)OC)c3nc(c(C4=NCCN4C)c4ccc1[n-]4)C=C3)C=C2.[Zn+2]. The molecule has 3 aliphatic rings. The van der Waals surface area contributed by atoms with Crippen LogP contribution in [0.5, 0.6) is 0 Å². The normalized spacial score (nSPS) is 13.3. The summed E-state index contributed by atoms with van der Waals surface area (Å²) in [6.07, 6.45) is 9.05. The second kappa shape index (κ2) is 14.5. The molecule has 7 rings (SSSR count). The number of esters is 2. The van der Waals surface area contributed by atoms with Gasteiger partial charge in [-0.3, -0.25) is 14.6 Å². The van der Waals surface area contributed by atoms with Crippen molar-refractivity contribution < 1.29 is 38.5 Å². The molecule has 11 heteroatoms. The van der Waals surface area contributed by atoms with Gasteiger partial charge in [-0.25, -0.2) is 9.97 Å². The molecule has 0 amide bonds. The summed E-state index contributed by atoms with van der Waals surface area (Å²) in [5, 5.41) is 0. The molecule has 0 spiro atoms. The number of nitrogens with zero attached hydrogens (tertiary/aromatic N) is 6. The number of carbonyl (C=O) groups is 2. The molecule has 1 aromatic carbocycles. The van der Waals surface area contributed by atoms with Crippen molar-refractivity contribution in [1.29, 1.82) is 0 Å². The smallest absolute Gasteiger partial charge is 0.657 e. The van der Waals surface area contributed by atoms with Gasteiger partial charge in [-0.1, -0.05) is 54.6 Å². The van der Waals surface area contributed by atoms with E-state index in [1.54, 1.807) is 0 Å². The Balaban J connectivity index is 0.00000417. The van der Waals surface area contributed by atoms with E-state index in [2.05, 4.69) is 4.90 Å². The van der Waals surface area contributed by atoms with Crippen LogP contribution in [0.3, 0.4) is 0 Å². The van der Waals surface area contributed by atoms with Crippen LogP contribution in [0, 0.1) is 0 Å². The molecule has 0 atom stereocenters. The summed E-state index contributed by atoms with van der Waals surface area (Å²) >= 11 is 0.